The second-order valence-corrected chi connectivity index (χ2v) is 5.26. The fourth-order valence-corrected chi connectivity index (χ4v) is 2.45. The van der Waals surface area contributed by atoms with Gasteiger partial charge in [-0.25, -0.2) is 4.98 Å². The second-order valence-electron chi connectivity index (χ2n) is 4.82. The molecule has 106 valence electrons. The number of hydrogen-bond acceptors (Lipinski definition) is 3. The first-order chi connectivity index (χ1) is 9.70. The molecule has 1 atom stereocenters. The Kier molecular flexibility index (Phi) is 5.39. The highest BCUT2D eigenvalue weighted by atomic mass is 35.5. The third-order valence-corrected chi connectivity index (χ3v) is 3.45. The zero-order chi connectivity index (χ0) is 14.4. The number of anilines is 1. The molecule has 0 aliphatic rings. The van der Waals surface area contributed by atoms with E-state index in [0.717, 1.165) is 30.0 Å². The van der Waals surface area contributed by atoms with Crippen molar-refractivity contribution < 1.29 is 0 Å². The van der Waals surface area contributed by atoms with Gasteiger partial charge in [-0.15, -0.1) is 0 Å². The number of hydrogen-bond donors (Lipinski definition) is 2. The van der Waals surface area contributed by atoms with Crippen LogP contribution >= 0.6 is 11.6 Å². The van der Waals surface area contributed by atoms with E-state index in [9.17, 15) is 0 Å². The van der Waals surface area contributed by atoms with Gasteiger partial charge in [-0.05, 0) is 43.1 Å². The van der Waals surface area contributed by atoms with E-state index in [-0.39, 0.29) is 6.04 Å². The summed E-state index contributed by atoms with van der Waals surface area (Å²) in [5, 5.41) is 4.29. The normalized spacial score (nSPS) is 12.3. The molecule has 3 N–H and O–H groups in total. The van der Waals surface area contributed by atoms with Gasteiger partial charge in [0.25, 0.3) is 0 Å². The van der Waals surface area contributed by atoms with Crippen molar-refractivity contribution in [3.8, 4) is 0 Å². The molecule has 0 radical (unpaired) electrons. The predicted octanol–water partition coefficient (Wildman–Crippen LogP) is 3.60. The number of nitrogens with zero attached hydrogens (tertiary/aromatic N) is 1. The van der Waals surface area contributed by atoms with Crippen molar-refractivity contribution in [2.24, 2.45) is 0 Å². The first kappa shape index (κ1) is 14.8. The Morgan fingerprint density at radius 1 is 1.30 bits per heavy atom. The summed E-state index contributed by atoms with van der Waals surface area (Å²) in [7, 11) is 0. The van der Waals surface area contributed by atoms with Crippen molar-refractivity contribution in [3.63, 3.8) is 0 Å². The van der Waals surface area contributed by atoms with E-state index in [2.05, 4.69) is 23.3 Å². The fraction of sp³-hybridized carbons (Fsp3) is 0.312. The number of halogens is 1. The number of pyridine rings is 1. The summed E-state index contributed by atoms with van der Waals surface area (Å²) in [5.74, 6) is 0.586. The molecule has 1 unspecified atom stereocenters. The molecule has 2 aromatic rings. The minimum atomic E-state index is 0.155. The van der Waals surface area contributed by atoms with Crippen molar-refractivity contribution in [2.45, 2.75) is 25.8 Å². The van der Waals surface area contributed by atoms with Crippen LogP contribution in [0, 0.1) is 0 Å². The van der Waals surface area contributed by atoms with E-state index in [1.165, 1.54) is 5.56 Å². The van der Waals surface area contributed by atoms with Gasteiger partial charge in [-0.2, -0.15) is 0 Å². The maximum Gasteiger partial charge on any atom is 0.128 e. The second kappa shape index (κ2) is 7.27. The fourth-order valence-electron chi connectivity index (χ4n) is 2.23. The van der Waals surface area contributed by atoms with E-state index >= 15 is 0 Å². The largest absolute Gasteiger partial charge is 0.383 e. The molecule has 0 spiro atoms. The van der Waals surface area contributed by atoms with Gasteiger partial charge in [0.2, 0.25) is 0 Å². The molecule has 0 bridgehead atoms. The van der Waals surface area contributed by atoms with E-state index in [0.29, 0.717) is 5.82 Å². The van der Waals surface area contributed by atoms with Crippen LogP contribution in [-0.4, -0.2) is 11.5 Å². The zero-order valence-corrected chi connectivity index (χ0v) is 12.4. The lowest BCUT2D eigenvalue weighted by Crippen LogP contribution is -2.25. The van der Waals surface area contributed by atoms with Crippen LogP contribution in [0.1, 0.15) is 30.5 Å². The monoisotopic (exact) mass is 289 g/mol. The van der Waals surface area contributed by atoms with Crippen molar-refractivity contribution in [2.75, 3.05) is 12.3 Å². The maximum atomic E-state index is 6.05. The highest BCUT2D eigenvalue weighted by molar-refractivity contribution is 6.30. The molecule has 1 heterocycles. The van der Waals surface area contributed by atoms with E-state index < -0.39 is 0 Å². The molecule has 1 aromatic heterocycles. The van der Waals surface area contributed by atoms with Crippen LogP contribution < -0.4 is 11.1 Å². The molecule has 1 aromatic carbocycles. The summed E-state index contributed by atoms with van der Waals surface area (Å²) in [5.41, 5.74) is 8.23. The maximum absolute atomic E-state index is 6.05. The first-order valence-electron chi connectivity index (χ1n) is 6.89. The Balaban J connectivity index is 2.22. The number of nitrogen functional groups attached to an aromatic ring is 1. The average Bonchev–Trinajstić information content (AvgIpc) is 2.44. The van der Waals surface area contributed by atoms with Crippen LogP contribution in [0.25, 0.3) is 0 Å². The Morgan fingerprint density at radius 2 is 2.15 bits per heavy atom. The van der Waals surface area contributed by atoms with Gasteiger partial charge in [0.15, 0.2) is 0 Å². The summed E-state index contributed by atoms with van der Waals surface area (Å²) in [4.78, 5) is 4.18. The third-order valence-electron chi connectivity index (χ3n) is 3.22. The van der Waals surface area contributed by atoms with Crippen molar-refractivity contribution in [3.05, 3.63) is 58.7 Å². The summed E-state index contributed by atoms with van der Waals surface area (Å²) >= 11 is 6.05. The van der Waals surface area contributed by atoms with E-state index in [4.69, 9.17) is 17.3 Å². The van der Waals surface area contributed by atoms with E-state index in [1.807, 2.05) is 30.3 Å². The van der Waals surface area contributed by atoms with Crippen molar-refractivity contribution >= 4 is 17.4 Å². The zero-order valence-electron chi connectivity index (χ0n) is 11.6. The Morgan fingerprint density at radius 3 is 2.85 bits per heavy atom. The lowest BCUT2D eigenvalue weighted by atomic mass is 9.99. The van der Waals surface area contributed by atoms with Crippen LogP contribution in [0.4, 0.5) is 5.82 Å². The molecule has 3 nitrogen and oxygen atoms in total. The molecule has 0 amide bonds. The summed E-state index contributed by atoms with van der Waals surface area (Å²) in [6.07, 6.45) is 3.64. The van der Waals surface area contributed by atoms with Crippen LogP contribution in [0.3, 0.4) is 0 Å². The Labute approximate surface area is 125 Å². The number of nitrogens with one attached hydrogen (secondary N) is 1. The third kappa shape index (κ3) is 3.95. The molecule has 2 rings (SSSR count). The topological polar surface area (TPSA) is 50.9 Å². The molecular weight excluding hydrogens is 270 g/mol. The van der Waals surface area contributed by atoms with Gasteiger partial charge >= 0.3 is 0 Å². The SMILES string of the molecule is CCCNC(Cc1cccc(Cl)c1)c1cccnc1N. The quantitative estimate of drug-likeness (QED) is 0.854. The molecule has 0 saturated heterocycles. The highest BCUT2D eigenvalue weighted by Crippen LogP contribution is 2.23. The van der Waals surface area contributed by atoms with Gasteiger partial charge in [0, 0.05) is 22.8 Å². The van der Waals surface area contributed by atoms with Crippen molar-refractivity contribution in [1.82, 2.24) is 10.3 Å². The van der Waals surface area contributed by atoms with Gasteiger partial charge in [-0.3, -0.25) is 0 Å². The first-order valence-corrected chi connectivity index (χ1v) is 7.26. The molecular formula is C16H20ClN3. The lowest BCUT2D eigenvalue weighted by Gasteiger charge is -2.20. The smallest absolute Gasteiger partial charge is 0.128 e. The molecule has 0 saturated carbocycles. The van der Waals surface area contributed by atoms with Gasteiger partial charge in [0.05, 0.1) is 0 Å². The predicted molar refractivity (Wildman–Crippen MR) is 84.8 cm³/mol. The number of nitrogens with two attached hydrogens (primary N) is 1. The standard InChI is InChI=1S/C16H20ClN3/c1-2-8-19-15(14-7-4-9-20-16(14)18)11-12-5-3-6-13(17)10-12/h3-7,9-10,15,19H,2,8,11H2,1H3,(H2,18,20). The van der Waals surface area contributed by atoms with E-state index in [1.54, 1.807) is 6.20 Å². The Hall–Kier alpha value is -1.58. The van der Waals surface area contributed by atoms with Gasteiger partial charge < -0.3 is 11.1 Å². The Bertz CT molecular complexity index is 557. The molecule has 0 aliphatic carbocycles. The molecule has 0 fully saturated rings. The van der Waals surface area contributed by atoms with Crippen LogP contribution in [0.2, 0.25) is 5.02 Å². The summed E-state index contributed by atoms with van der Waals surface area (Å²) in [6.45, 7) is 3.09. The lowest BCUT2D eigenvalue weighted by molar-refractivity contribution is 0.529. The van der Waals surface area contributed by atoms with Crippen molar-refractivity contribution in [1.29, 1.82) is 0 Å². The highest BCUT2D eigenvalue weighted by Gasteiger charge is 2.14. The summed E-state index contributed by atoms with van der Waals surface area (Å²) < 4.78 is 0. The van der Waals surface area contributed by atoms with Crippen LogP contribution in [0.15, 0.2) is 42.6 Å². The molecule has 0 aliphatic heterocycles. The van der Waals surface area contributed by atoms with Gasteiger partial charge in [-0.1, -0.05) is 36.7 Å². The summed E-state index contributed by atoms with van der Waals surface area (Å²) in [6, 6.07) is 12.0. The van der Waals surface area contributed by atoms with Gasteiger partial charge in [0.1, 0.15) is 5.82 Å². The molecule has 4 heteroatoms. The number of aromatic nitrogens is 1. The van der Waals surface area contributed by atoms with Crippen LogP contribution in [-0.2, 0) is 6.42 Å². The number of rotatable bonds is 6. The molecule has 20 heavy (non-hydrogen) atoms. The average molecular weight is 290 g/mol. The van der Waals surface area contributed by atoms with Crippen LogP contribution in [0.5, 0.6) is 0 Å². The minimum absolute atomic E-state index is 0.155. The minimum Gasteiger partial charge on any atom is -0.383 e. The number of benzene rings is 1.